The normalized spacial score (nSPS) is 15.5. The number of alkyl halides is 3. The number of rotatable bonds is 2. The van der Waals surface area contributed by atoms with Crippen LogP contribution in [0.1, 0.15) is 22.3 Å². The Morgan fingerprint density at radius 3 is 2.50 bits per heavy atom. The first-order chi connectivity index (χ1) is 13.2. The molecule has 0 spiro atoms. The number of carbonyl (C=O) groups is 1. The number of nitrogens with zero attached hydrogens (tertiary/aromatic N) is 3. The monoisotopic (exact) mass is 435 g/mol. The number of carbonyl (C=O) groups excluding carboxylic acids is 1. The fraction of sp³-hybridized carbons (Fsp3) is 0.333. The van der Waals surface area contributed by atoms with Gasteiger partial charge in [-0.1, -0.05) is 23.2 Å². The van der Waals surface area contributed by atoms with Crippen molar-refractivity contribution in [3.05, 3.63) is 57.5 Å². The highest BCUT2D eigenvalue weighted by Gasteiger charge is 2.32. The first-order valence-corrected chi connectivity index (χ1v) is 9.14. The summed E-state index contributed by atoms with van der Waals surface area (Å²) >= 11 is 11.9. The Balaban J connectivity index is 1.75. The molecule has 0 aliphatic carbocycles. The lowest BCUT2D eigenvalue weighted by Gasteiger charge is -2.24. The molecule has 10 heteroatoms. The molecule has 0 radical (unpaired) electrons. The van der Waals surface area contributed by atoms with Crippen molar-refractivity contribution >= 4 is 34.9 Å². The second-order valence-corrected chi connectivity index (χ2v) is 7.13. The number of benzene rings is 1. The SMILES string of the molecule is O=C(c1cc(Cl)ccc1F)N1CCCN(c2ncc(C(F)(F)F)cc2Cl)CC1. The summed E-state index contributed by atoms with van der Waals surface area (Å²) in [7, 11) is 0. The van der Waals surface area contributed by atoms with Crippen LogP contribution in [0.2, 0.25) is 10.0 Å². The van der Waals surface area contributed by atoms with E-state index in [2.05, 4.69) is 4.98 Å². The number of pyridine rings is 1. The van der Waals surface area contributed by atoms with Gasteiger partial charge in [-0.3, -0.25) is 4.79 Å². The molecule has 28 heavy (non-hydrogen) atoms. The number of halogens is 6. The van der Waals surface area contributed by atoms with Crippen molar-refractivity contribution < 1.29 is 22.4 Å². The summed E-state index contributed by atoms with van der Waals surface area (Å²) in [6.07, 6.45) is -3.28. The summed E-state index contributed by atoms with van der Waals surface area (Å²) in [4.78, 5) is 19.7. The molecule has 0 unspecified atom stereocenters. The molecule has 0 atom stereocenters. The Hall–Kier alpha value is -2.06. The van der Waals surface area contributed by atoms with Gasteiger partial charge in [0.15, 0.2) is 0 Å². The van der Waals surface area contributed by atoms with E-state index in [4.69, 9.17) is 23.2 Å². The molecule has 1 aliphatic rings. The zero-order valence-electron chi connectivity index (χ0n) is 14.4. The van der Waals surface area contributed by atoms with E-state index in [9.17, 15) is 22.4 Å². The van der Waals surface area contributed by atoms with Crippen molar-refractivity contribution in [2.24, 2.45) is 0 Å². The van der Waals surface area contributed by atoms with E-state index in [1.165, 1.54) is 17.0 Å². The van der Waals surface area contributed by atoms with Crippen molar-refractivity contribution in [1.82, 2.24) is 9.88 Å². The van der Waals surface area contributed by atoms with E-state index >= 15 is 0 Å². The van der Waals surface area contributed by atoms with Gasteiger partial charge >= 0.3 is 6.18 Å². The van der Waals surface area contributed by atoms with Crippen LogP contribution in [0.25, 0.3) is 0 Å². The van der Waals surface area contributed by atoms with Crippen LogP contribution < -0.4 is 4.90 Å². The minimum Gasteiger partial charge on any atom is -0.354 e. The Morgan fingerprint density at radius 2 is 1.82 bits per heavy atom. The van der Waals surface area contributed by atoms with Gasteiger partial charge in [0.25, 0.3) is 5.91 Å². The highest BCUT2D eigenvalue weighted by molar-refractivity contribution is 6.33. The predicted molar refractivity (Wildman–Crippen MR) is 98.4 cm³/mol. The summed E-state index contributed by atoms with van der Waals surface area (Å²) in [5.41, 5.74) is -1.05. The van der Waals surface area contributed by atoms with Gasteiger partial charge in [0.2, 0.25) is 0 Å². The van der Waals surface area contributed by atoms with Crippen LogP contribution in [0.15, 0.2) is 30.5 Å². The molecule has 1 amide bonds. The molecule has 0 saturated carbocycles. The van der Waals surface area contributed by atoms with Crippen LogP contribution in [-0.4, -0.2) is 42.0 Å². The van der Waals surface area contributed by atoms with Crippen LogP contribution in [0.4, 0.5) is 23.4 Å². The maximum atomic E-state index is 14.0. The Bertz CT molecular complexity index is 892. The smallest absolute Gasteiger partial charge is 0.354 e. The molecule has 2 aromatic rings. The Labute approximate surface area is 168 Å². The lowest BCUT2D eigenvalue weighted by atomic mass is 10.2. The highest BCUT2D eigenvalue weighted by Crippen LogP contribution is 2.33. The second-order valence-electron chi connectivity index (χ2n) is 6.28. The van der Waals surface area contributed by atoms with Crippen molar-refractivity contribution in [3.8, 4) is 0 Å². The Morgan fingerprint density at radius 1 is 1.07 bits per heavy atom. The number of hydrogen-bond acceptors (Lipinski definition) is 3. The van der Waals surface area contributed by atoms with Crippen molar-refractivity contribution in [1.29, 1.82) is 0 Å². The molecule has 1 fully saturated rings. The minimum absolute atomic E-state index is 0.115. The van der Waals surface area contributed by atoms with Crippen LogP contribution in [-0.2, 0) is 6.18 Å². The number of aromatic nitrogens is 1. The molecule has 4 nitrogen and oxygen atoms in total. The topological polar surface area (TPSA) is 36.4 Å². The molecule has 150 valence electrons. The molecular formula is C18H15Cl2F4N3O. The van der Waals surface area contributed by atoms with Crippen LogP contribution in [0.3, 0.4) is 0 Å². The lowest BCUT2D eigenvalue weighted by molar-refractivity contribution is -0.137. The van der Waals surface area contributed by atoms with Crippen molar-refractivity contribution in [3.63, 3.8) is 0 Å². The largest absolute Gasteiger partial charge is 0.417 e. The van der Waals surface area contributed by atoms with E-state index in [1.54, 1.807) is 4.90 Å². The zero-order valence-corrected chi connectivity index (χ0v) is 16.0. The van der Waals surface area contributed by atoms with Gasteiger partial charge in [-0.15, -0.1) is 0 Å². The van der Waals surface area contributed by atoms with Crippen LogP contribution >= 0.6 is 23.2 Å². The van der Waals surface area contributed by atoms with Gasteiger partial charge < -0.3 is 9.80 Å². The summed E-state index contributed by atoms with van der Waals surface area (Å²) in [6, 6.07) is 4.59. The van der Waals surface area contributed by atoms with Gasteiger partial charge in [0, 0.05) is 37.4 Å². The summed E-state index contributed by atoms with van der Waals surface area (Å²) in [5.74, 6) is -0.936. The van der Waals surface area contributed by atoms with E-state index in [1.807, 2.05) is 0 Å². The summed E-state index contributed by atoms with van der Waals surface area (Å²) in [6.45, 7) is 1.34. The number of anilines is 1. The van der Waals surface area contributed by atoms with Gasteiger partial charge in [-0.2, -0.15) is 13.2 Å². The first kappa shape index (κ1) is 20.7. The average molecular weight is 436 g/mol. The van der Waals surface area contributed by atoms with E-state index in [0.29, 0.717) is 26.1 Å². The first-order valence-electron chi connectivity index (χ1n) is 8.39. The quantitative estimate of drug-likeness (QED) is 0.629. The third kappa shape index (κ3) is 4.50. The lowest BCUT2D eigenvalue weighted by Crippen LogP contribution is -2.36. The van der Waals surface area contributed by atoms with Gasteiger partial charge in [0.05, 0.1) is 16.1 Å². The van der Waals surface area contributed by atoms with Gasteiger partial charge in [0.1, 0.15) is 11.6 Å². The number of hydrogen-bond donors (Lipinski definition) is 0. The minimum atomic E-state index is -4.53. The molecule has 2 heterocycles. The molecule has 1 saturated heterocycles. The molecule has 1 aromatic carbocycles. The van der Waals surface area contributed by atoms with Crippen molar-refractivity contribution in [2.45, 2.75) is 12.6 Å². The highest BCUT2D eigenvalue weighted by atomic mass is 35.5. The van der Waals surface area contributed by atoms with E-state index in [-0.39, 0.29) is 28.0 Å². The maximum Gasteiger partial charge on any atom is 0.417 e. The Kier molecular flexibility index (Phi) is 6.00. The van der Waals surface area contributed by atoms with Crippen LogP contribution in [0, 0.1) is 5.82 Å². The fourth-order valence-corrected chi connectivity index (χ4v) is 3.44. The average Bonchev–Trinajstić information content (AvgIpc) is 2.88. The van der Waals surface area contributed by atoms with E-state index < -0.39 is 23.5 Å². The van der Waals surface area contributed by atoms with E-state index in [0.717, 1.165) is 18.3 Å². The molecular weight excluding hydrogens is 421 g/mol. The maximum absolute atomic E-state index is 14.0. The molecule has 0 N–H and O–H groups in total. The molecule has 1 aromatic heterocycles. The summed E-state index contributed by atoms with van der Waals surface area (Å²) < 4.78 is 52.3. The summed E-state index contributed by atoms with van der Waals surface area (Å²) in [5, 5.41) is 0.137. The van der Waals surface area contributed by atoms with Gasteiger partial charge in [-0.05, 0) is 30.7 Å². The van der Waals surface area contributed by atoms with Gasteiger partial charge in [-0.25, -0.2) is 9.37 Å². The molecule has 0 bridgehead atoms. The standard InChI is InChI=1S/C18H15Cl2F4N3O/c19-12-2-3-15(21)13(9-12)17(28)27-5-1-4-26(6-7-27)16-14(20)8-11(10-25-16)18(22,23)24/h2-3,8-10H,1,4-7H2. The van der Waals surface area contributed by atoms with Crippen LogP contribution in [0.5, 0.6) is 0 Å². The number of amides is 1. The van der Waals surface area contributed by atoms with Crippen molar-refractivity contribution in [2.75, 3.05) is 31.1 Å². The fourth-order valence-electron chi connectivity index (χ4n) is 2.98. The second kappa shape index (κ2) is 8.13. The predicted octanol–water partition coefficient (Wildman–Crippen LogP) is 4.90. The molecule has 3 rings (SSSR count). The third-order valence-electron chi connectivity index (χ3n) is 4.39. The zero-order chi connectivity index (χ0) is 20.5. The third-order valence-corrected chi connectivity index (χ3v) is 4.90. The molecule has 1 aliphatic heterocycles.